The second-order valence-corrected chi connectivity index (χ2v) is 5.46. The molecule has 0 heterocycles. The number of alkyl halides is 1. The van der Waals surface area contributed by atoms with Gasteiger partial charge in [0.2, 0.25) is 0 Å². The van der Waals surface area contributed by atoms with Crippen LogP contribution in [0.15, 0.2) is 0 Å². The normalized spacial score (nSPS) is 11.9. The second-order valence-electron chi connectivity index (χ2n) is 4.58. The summed E-state index contributed by atoms with van der Waals surface area (Å²) in [6, 6.07) is 0. The lowest BCUT2D eigenvalue weighted by Crippen LogP contribution is -2.23. The maximum Gasteiger partial charge on any atom is 0.309 e. The van der Waals surface area contributed by atoms with Gasteiger partial charge in [0.15, 0.2) is 0 Å². The lowest BCUT2D eigenvalue weighted by molar-refractivity contribution is -0.152. The molecule has 0 aromatic rings. The van der Waals surface area contributed by atoms with Crippen LogP contribution in [0, 0.1) is 0 Å². The van der Waals surface area contributed by atoms with Gasteiger partial charge in [-0.15, -0.1) is 0 Å². The monoisotopic (exact) mass is 384 g/mol. The van der Waals surface area contributed by atoms with E-state index in [4.69, 9.17) is 9.47 Å². The molecule has 19 heavy (non-hydrogen) atoms. The van der Waals surface area contributed by atoms with Gasteiger partial charge in [-0.05, 0) is 6.42 Å². The van der Waals surface area contributed by atoms with Gasteiger partial charge in [-0.25, -0.2) is 0 Å². The third-order valence-corrected chi connectivity index (χ3v) is 3.64. The van der Waals surface area contributed by atoms with Crippen molar-refractivity contribution in [3.8, 4) is 0 Å². The predicted octanol–water partition coefficient (Wildman–Crippen LogP) is 3.65. The van der Waals surface area contributed by atoms with Crippen molar-refractivity contribution in [3.05, 3.63) is 0 Å². The minimum Gasteiger partial charge on any atom is -0.466 e. The summed E-state index contributed by atoms with van der Waals surface area (Å²) in [5.41, 5.74) is 0. The Morgan fingerprint density at radius 2 is 1.74 bits per heavy atom. The molecule has 0 amide bonds. The maximum absolute atomic E-state index is 11.5. The molecule has 0 N–H and O–H groups in total. The Morgan fingerprint density at radius 1 is 1.11 bits per heavy atom. The Bertz CT molecular complexity index is 256. The Balaban J connectivity index is 3.54. The topological polar surface area (TPSA) is 52.6 Å². The van der Waals surface area contributed by atoms with Gasteiger partial charge in [0.05, 0.1) is 13.0 Å². The van der Waals surface area contributed by atoms with Gasteiger partial charge in [0, 0.05) is 11.4 Å². The summed E-state index contributed by atoms with van der Waals surface area (Å²) in [6.45, 7) is 4.01. The van der Waals surface area contributed by atoms with E-state index in [2.05, 4.69) is 29.5 Å². The number of hydrogen-bond donors (Lipinski definition) is 0. The van der Waals surface area contributed by atoms with Crippen molar-refractivity contribution in [3.63, 3.8) is 0 Å². The molecular formula is C14H25IO4. The molecule has 4 nitrogen and oxygen atoms in total. The molecule has 112 valence electrons. The van der Waals surface area contributed by atoms with E-state index in [0.29, 0.717) is 11.0 Å². The van der Waals surface area contributed by atoms with E-state index in [0.717, 1.165) is 12.8 Å². The molecule has 0 aromatic carbocycles. The number of hydrogen-bond acceptors (Lipinski definition) is 4. The van der Waals surface area contributed by atoms with Crippen LogP contribution >= 0.6 is 22.6 Å². The molecule has 0 saturated heterocycles. The van der Waals surface area contributed by atoms with Gasteiger partial charge in [-0.2, -0.15) is 0 Å². The lowest BCUT2D eigenvalue weighted by atomic mass is 10.1. The van der Waals surface area contributed by atoms with Crippen molar-refractivity contribution in [2.45, 2.75) is 64.9 Å². The molecule has 0 bridgehead atoms. The molecule has 0 fully saturated rings. The quantitative estimate of drug-likeness (QED) is 0.236. The number of esters is 2. The van der Waals surface area contributed by atoms with E-state index in [1.54, 1.807) is 0 Å². The van der Waals surface area contributed by atoms with Crippen LogP contribution in [0.1, 0.15) is 58.8 Å². The fraction of sp³-hybridized carbons (Fsp3) is 0.857. The van der Waals surface area contributed by atoms with Gasteiger partial charge in [-0.3, -0.25) is 9.59 Å². The fourth-order valence-corrected chi connectivity index (χ4v) is 2.17. The number of unbranched alkanes of at least 4 members (excludes halogenated alkanes) is 5. The summed E-state index contributed by atoms with van der Waals surface area (Å²) in [6.07, 6.45) is 6.78. The number of ether oxygens (including phenoxy) is 2. The highest BCUT2D eigenvalue weighted by Gasteiger charge is 2.16. The third kappa shape index (κ3) is 12.4. The number of halogens is 1. The molecule has 0 aliphatic carbocycles. The van der Waals surface area contributed by atoms with E-state index in [1.807, 2.05) is 0 Å². The first-order valence-electron chi connectivity index (χ1n) is 6.99. The summed E-state index contributed by atoms with van der Waals surface area (Å²) in [4.78, 5) is 22.3. The van der Waals surface area contributed by atoms with E-state index in [-0.39, 0.29) is 24.5 Å². The lowest BCUT2D eigenvalue weighted by Gasteiger charge is -2.13. The van der Waals surface area contributed by atoms with Crippen LogP contribution in [0.5, 0.6) is 0 Å². The summed E-state index contributed by atoms with van der Waals surface area (Å²) < 4.78 is 10.7. The molecule has 0 aliphatic rings. The first-order chi connectivity index (χ1) is 9.10. The SMILES string of the molecule is CCCCCCCCOC(=O)CC(CI)OC(C)=O. The van der Waals surface area contributed by atoms with Crippen LogP contribution in [0.4, 0.5) is 0 Å². The fourth-order valence-electron chi connectivity index (χ4n) is 1.68. The molecule has 0 rings (SSSR count). The van der Waals surface area contributed by atoms with Crippen LogP contribution in [0.2, 0.25) is 0 Å². The maximum atomic E-state index is 11.5. The first-order valence-corrected chi connectivity index (χ1v) is 8.51. The van der Waals surface area contributed by atoms with Crippen molar-refractivity contribution < 1.29 is 19.1 Å². The number of carbonyl (C=O) groups excluding carboxylic acids is 2. The molecule has 1 unspecified atom stereocenters. The molecule has 0 saturated carbocycles. The van der Waals surface area contributed by atoms with Crippen LogP contribution in [-0.2, 0) is 19.1 Å². The summed E-state index contributed by atoms with van der Waals surface area (Å²) in [5, 5.41) is 0. The average Bonchev–Trinajstić information content (AvgIpc) is 2.36. The van der Waals surface area contributed by atoms with Gasteiger partial charge in [0.1, 0.15) is 6.10 Å². The summed E-state index contributed by atoms with van der Waals surface area (Å²) >= 11 is 2.09. The zero-order valence-electron chi connectivity index (χ0n) is 12.0. The summed E-state index contributed by atoms with van der Waals surface area (Å²) in [7, 11) is 0. The smallest absolute Gasteiger partial charge is 0.309 e. The average molecular weight is 384 g/mol. The van der Waals surface area contributed by atoms with Crippen molar-refractivity contribution in [2.75, 3.05) is 11.0 Å². The highest BCUT2D eigenvalue weighted by Crippen LogP contribution is 2.07. The number of carbonyl (C=O) groups is 2. The molecule has 0 radical (unpaired) electrons. The van der Waals surface area contributed by atoms with Gasteiger partial charge in [-0.1, -0.05) is 61.6 Å². The molecular weight excluding hydrogens is 359 g/mol. The first kappa shape index (κ1) is 18.7. The molecule has 5 heteroatoms. The van der Waals surface area contributed by atoms with Gasteiger partial charge in [0.25, 0.3) is 0 Å². The zero-order chi connectivity index (χ0) is 14.5. The Morgan fingerprint density at radius 3 is 2.32 bits per heavy atom. The largest absolute Gasteiger partial charge is 0.466 e. The molecule has 1 atom stereocenters. The third-order valence-electron chi connectivity index (χ3n) is 2.66. The van der Waals surface area contributed by atoms with Gasteiger partial charge < -0.3 is 9.47 Å². The van der Waals surface area contributed by atoms with E-state index in [9.17, 15) is 9.59 Å². The second kappa shape index (κ2) is 12.7. The van der Waals surface area contributed by atoms with Crippen LogP contribution in [0.3, 0.4) is 0 Å². The highest BCUT2D eigenvalue weighted by molar-refractivity contribution is 14.1. The Labute approximate surface area is 129 Å². The van der Waals surface area contributed by atoms with Gasteiger partial charge >= 0.3 is 11.9 Å². The van der Waals surface area contributed by atoms with Crippen LogP contribution in [-0.4, -0.2) is 29.1 Å². The van der Waals surface area contributed by atoms with E-state index in [1.165, 1.54) is 32.6 Å². The predicted molar refractivity (Wildman–Crippen MR) is 83.4 cm³/mol. The van der Waals surface area contributed by atoms with Crippen molar-refractivity contribution in [1.82, 2.24) is 0 Å². The van der Waals surface area contributed by atoms with Crippen molar-refractivity contribution in [1.29, 1.82) is 0 Å². The van der Waals surface area contributed by atoms with Crippen LogP contribution < -0.4 is 0 Å². The van der Waals surface area contributed by atoms with E-state index >= 15 is 0 Å². The zero-order valence-corrected chi connectivity index (χ0v) is 14.1. The Kier molecular flexibility index (Phi) is 12.5. The number of rotatable bonds is 11. The minimum absolute atomic E-state index is 0.151. The van der Waals surface area contributed by atoms with Crippen molar-refractivity contribution >= 4 is 34.5 Å². The minimum atomic E-state index is -0.366. The highest BCUT2D eigenvalue weighted by atomic mass is 127. The van der Waals surface area contributed by atoms with Crippen LogP contribution in [0.25, 0.3) is 0 Å². The molecule has 0 aromatic heterocycles. The summed E-state index contributed by atoms with van der Waals surface area (Å²) in [5.74, 6) is -0.637. The standard InChI is InChI=1S/C14H25IO4/c1-3-4-5-6-7-8-9-18-14(17)10-13(11-15)19-12(2)16/h13H,3-11H2,1-2H3. The molecule has 0 spiro atoms. The van der Waals surface area contributed by atoms with Crippen molar-refractivity contribution in [2.24, 2.45) is 0 Å². The molecule has 0 aliphatic heterocycles. The van der Waals surface area contributed by atoms with E-state index < -0.39 is 0 Å². The Hall–Kier alpha value is -0.330.